The van der Waals surface area contributed by atoms with Gasteiger partial charge in [0.1, 0.15) is 24.1 Å². The molecule has 2 aliphatic rings. The van der Waals surface area contributed by atoms with Crippen molar-refractivity contribution >= 4 is 28.5 Å². The van der Waals surface area contributed by atoms with Crippen molar-refractivity contribution in [3.63, 3.8) is 0 Å². The second-order valence-corrected chi connectivity index (χ2v) is 8.20. The number of fused-ring (bicyclic) bond motifs is 2. The highest BCUT2D eigenvalue weighted by atomic mass is 35.5. The van der Waals surface area contributed by atoms with Crippen LogP contribution in [0.1, 0.15) is 23.3 Å². The first-order valence-corrected chi connectivity index (χ1v) is 9.96. The number of hydrogen-bond acceptors (Lipinski definition) is 9. The fourth-order valence-electron chi connectivity index (χ4n) is 4.40. The van der Waals surface area contributed by atoms with Crippen molar-refractivity contribution in [1.29, 1.82) is 0 Å². The van der Waals surface area contributed by atoms with Gasteiger partial charge in [-0.15, -0.1) is 0 Å². The van der Waals surface area contributed by atoms with Gasteiger partial charge in [0.15, 0.2) is 5.82 Å². The number of pyridine rings is 1. The maximum atomic E-state index is 12.6. The third-order valence-corrected chi connectivity index (χ3v) is 6.18. The molecule has 3 atom stereocenters. The first-order chi connectivity index (χ1) is 14.6. The molecular weight excluding hydrogens is 410 g/mol. The summed E-state index contributed by atoms with van der Waals surface area (Å²) in [5.41, 5.74) is 0.489. The largest absolute Gasteiger partial charge is 0.356 e. The van der Waals surface area contributed by atoms with Crippen LogP contribution in [0.3, 0.4) is 0 Å². The lowest BCUT2D eigenvalue weighted by atomic mass is 10.2. The Labute approximate surface area is 174 Å². The molecule has 1 aliphatic carbocycles. The molecule has 4 aromatic heterocycles. The number of aromatic nitrogens is 6. The van der Waals surface area contributed by atoms with Gasteiger partial charge in [-0.2, -0.15) is 4.98 Å². The molecule has 1 saturated heterocycles. The van der Waals surface area contributed by atoms with E-state index >= 15 is 0 Å². The summed E-state index contributed by atoms with van der Waals surface area (Å²) < 4.78 is 11.9. The molecule has 152 valence electrons. The Morgan fingerprint density at radius 2 is 2.03 bits per heavy atom. The monoisotopic (exact) mass is 425 g/mol. The van der Waals surface area contributed by atoms with Gasteiger partial charge in [-0.05, 0) is 30.9 Å². The van der Waals surface area contributed by atoms with Crippen LogP contribution in [0.4, 0.5) is 5.82 Å². The van der Waals surface area contributed by atoms with Crippen LogP contribution < -0.4 is 10.5 Å². The van der Waals surface area contributed by atoms with E-state index < -0.39 is 0 Å². The molecule has 2 fully saturated rings. The Balaban J connectivity index is 1.17. The molecule has 0 amide bonds. The maximum Gasteiger partial charge on any atom is 0.267 e. The summed E-state index contributed by atoms with van der Waals surface area (Å²) in [5, 5.41) is 9.00. The number of hydrogen-bond donors (Lipinski definition) is 0. The zero-order valence-electron chi connectivity index (χ0n) is 15.9. The minimum atomic E-state index is -0.244. The SMILES string of the molecule is Cc1noc2ncn(Cc3nc(C4[C@H]5CN(c6cc(Cl)ccn6)C[C@@H]45)no3)c(=O)c12. The summed E-state index contributed by atoms with van der Waals surface area (Å²) in [6, 6.07) is 3.65. The van der Waals surface area contributed by atoms with Crippen molar-refractivity contribution in [2.24, 2.45) is 11.8 Å². The summed E-state index contributed by atoms with van der Waals surface area (Å²) in [6.07, 6.45) is 3.13. The van der Waals surface area contributed by atoms with Crippen molar-refractivity contribution in [1.82, 2.24) is 29.8 Å². The average Bonchev–Trinajstić information content (AvgIpc) is 3.16. The molecule has 11 heteroatoms. The highest BCUT2D eigenvalue weighted by Gasteiger charge is 2.58. The van der Waals surface area contributed by atoms with Crippen LogP contribution in [0.2, 0.25) is 5.02 Å². The van der Waals surface area contributed by atoms with Gasteiger partial charge in [-0.25, -0.2) is 9.97 Å². The third kappa shape index (κ3) is 2.71. The minimum Gasteiger partial charge on any atom is -0.356 e. The molecule has 1 unspecified atom stereocenters. The van der Waals surface area contributed by atoms with Crippen molar-refractivity contribution in [2.75, 3.05) is 18.0 Å². The zero-order chi connectivity index (χ0) is 20.4. The third-order valence-electron chi connectivity index (χ3n) is 5.95. The summed E-state index contributed by atoms with van der Waals surface area (Å²) in [4.78, 5) is 27.9. The number of aryl methyl sites for hydroxylation is 1. The van der Waals surface area contributed by atoms with Crippen LogP contribution in [0.15, 0.2) is 38.5 Å². The van der Waals surface area contributed by atoms with Crippen molar-refractivity contribution < 1.29 is 9.05 Å². The van der Waals surface area contributed by atoms with Gasteiger partial charge in [-0.3, -0.25) is 9.36 Å². The van der Waals surface area contributed by atoms with E-state index in [1.54, 1.807) is 19.2 Å². The van der Waals surface area contributed by atoms with E-state index in [1.165, 1.54) is 10.9 Å². The zero-order valence-corrected chi connectivity index (χ0v) is 16.7. The number of halogens is 1. The number of piperidine rings is 1. The van der Waals surface area contributed by atoms with Gasteiger partial charge in [0.05, 0.1) is 5.69 Å². The Bertz CT molecular complexity index is 1320. The fourth-order valence-corrected chi connectivity index (χ4v) is 4.55. The van der Waals surface area contributed by atoms with Crippen LogP contribution in [0.5, 0.6) is 0 Å². The van der Waals surface area contributed by atoms with E-state index in [4.69, 9.17) is 20.6 Å². The predicted molar refractivity (Wildman–Crippen MR) is 105 cm³/mol. The van der Waals surface area contributed by atoms with Gasteiger partial charge >= 0.3 is 0 Å². The summed E-state index contributed by atoms with van der Waals surface area (Å²) >= 11 is 6.07. The number of rotatable bonds is 4. The lowest BCUT2D eigenvalue weighted by Crippen LogP contribution is -2.24. The molecule has 0 spiro atoms. The van der Waals surface area contributed by atoms with E-state index in [2.05, 4.69) is 30.2 Å². The Hall–Kier alpha value is -3.27. The van der Waals surface area contributed by atoms with E-state index in [0.29, 0.717) is 39.7 Å². The van der Waals surface area contributed by atoms with Crippen LogP contribution in [0.25, 0.3) is 11.1 Å². The summed E-state index contributed by atoms with van der Waals surface area (Å²) in [7, 11) is 0. The average molecular weight is 426 g/mol. The molecule has 6 rings (SSSR count). The lowest BCUT2D eigenvalue weighted by Gasteiger charge is -2.20. The quantitative estimate of drug-likeness (QED) is 0.484. The highest BCUT2D eigenvalue weighted by Crippen LogP contribution is 2.57. The molecule has 0 bridgehead atoms. The van der Waals surface area contributed by atoms with Crippen LogP contribution in [-0.4, -0.2) is 42.9 Å². The van der Waals surface area contributed by atoms with Gasteiger partial charge in [-0.1, -0.05) is 21.9 Å². The molecular formula is C19H16ClN7O3. The topological polar surface area (TPSA) is 116 Å². The van der Waals surface area contributed by atoms with Gasteiger partial charge in [0.2, 0.25) is 5.89 Å². The second-order valence-electron chi connectivity index (χ2n) is 7.76. The van der Waals surface area contributed by atoms with Crippen molar-refractivity contribution in [2.45, 2.75) is 19.4 Å². The maximum absolute atomic E-state index is 12.6. The number of anilines is 1. The summed E-state index contributed by atoms with van der Waals surface area (Å²) in [6.45, 7) is 3.64. The molecule has 0 N–H and O–H groups in total. The number of nitrogens with zero attached hydrogens (tertiary/aromatic N) is 7. The van der Waals surface area contributed by atoms with E-state index in [1.807, 2.05) is 6.07 Å². The van der Waals surface area contributed by atoms with Crippen LogP contribution in [-0.2, 0) is 6.54 Å². The Morgan fingerprint density at radius 3 is 2.83 bits per heavy atom. The predicted octanol–water partition coefficient (Wildman–Crippen LogP) is 2.02. The van der Waals surface area contributed by atoms with Gasteiger partial charge in [0.25, 0.3) is 11.3 Å². The van der Waals surface area contributed by atoms with Gasteiger partial charge < -0.3 is 13.9 Å². The first-order valence-electron chi connectivity index (χ1n) is 9.59. The van der Waals surface area contributed by atoms with Crippen LogP contribution in [0, 0.1) is 18.8 Å². The lowest BCUT2D eigenvalue weighted by molar-refractivity contribution is 0.363. The molecule has 10 nitrogen and oxygen atoms in total. The molecule has 5 heterocycles. The van der Waals surface area contributed by atoms with Crippen molar-refractivity contribution in [3.05, 3.63) is 57.4 Å². The fraction of sp³-hybridized carbons (Fsp3) is 0.368. The first kappa shape index (κ1) is 17.6. The van der Waals surface area contributed by atoms with E-state index in [0.717, 1.165) is 18.9 Å². The second kappa shape index (κ2) is 6.36. The molecule has 4 aromatic rings. The molecule has 30 heavy (non-hydrogen) atoms. The molecule has 1 aliphatic heterocycles. The normalized spacial score (nSPS) is 22.6. The van der Waals surface area contributed by atoms with Gasteiger partial charge in [0, 0.05) is 30.2 Å². The Morgan fingerprint density at radius 1 is 1.20 bits per heavy atom. The Kier molecular flexibility index (Phi) is 3.73. The minimum absolute atomic E-state index is 0.153. The molecule has 1 saturated carbocycles. The highest BCUT2D eigenvalue weighted by molar-refractivity contribution is 6.30. The van der Waals surface area contributed by atoms with E-state index in [9.17, 15) is 4.79 Å². The van der Waals surface area contributed by atoms with E-state index in [-0.39, 0.29) is 23.7 Å². The molecule has 0 aromatic carbocycles. The molecule has 0 radical (unpaired) electrons. The smallest absolute Gasteiger partial charge is 0.267 e. The standard InChI is InChI=1S/C19H16ClN7O3/c1-9-15-18(30-24-9)22-8-27(19(15)28)7-14-23-17(25-29-14)16-11-5-26(6-12(11)16)13-4-10(20)2-3-21-13/h2-4,8,11-12,16H,5-7H2,1H3/t11-,12+,16?. The van der Waals surface area contributed by atoms with Crippen molar-refractivity contribution in [3.8, 4) is 0 Å². The van der Waals surface area contributed by atoms with Crippen LogP contribution >= 0.6 is 11.6 Å². The summed E-state index contributed by atoms with van der Waals surface area (Å²) in [5.74, 6) is 3.18.